The molecule has 0 aliphatic carbocycles. The van der Waals surface area contributed by atoms with Gasteiger partial charge in [0.25, 0.3) is 0 Å². The van der Waals surface area contributed by atoms with Gasteiger partial charge >= 0.3 is 0 Å². The zero-order chi connectivity index (χ0) is 30.2. The molecule has 0 unspecified atom stereocenters. The normalized spacial score (nSPS) is 14.9. The Kier molecular flexibility index (Phi) is 10.1. The number of fused-ring (bicyclic) bond motifs is 1. The van der Waals surface area contributed by atoms with E-state index in [1.54, 1.807) is 30.3 Å². The van der Waals surface area contributed by atoms with Crippen molar-refractivity contribution in [2.24, 2.45) is 5.73 Å². The molecule has 0 aromatic heterocycles. The van der Waals surface area contributed by atoms with Crippen molar-refractivity contribution in [2.45, 2.75) is 58.2 Å². The number of methoxy groups -OCH3 is 1. The molecule has 220 valence electrons. The molecule has 4 N–H and O–H groups in total. The van der Waals surface area contributed by atoms with Gasteiger partial charge < -0.3 is 26.0 Å². The standard InChI is InChI=1S/C33H38N4O5/c1-21-13-14-26(31(42-3)22(21)2)35-32(40)27(17-18-34)36-33(41)28-19-24-11-7-8-12-25(24)20-37(28)30(39)16-15-29(38)23-9-5-4-6-10-23/h4-14,27-28H,15-20,34H2,1-3H3,(H,35,40)(H,36,41)/t27-,28-/m0/s1. The van der Waals surface area contributed by atoms with Crippen molar-refractivity contribution >= 4 is 29.2 Å². The van der Waals surface area contributed by atoms with E-state index in [4.69, 9.17) is 10.5 Å². The van der Waals surface area contributed by atoms with E-state index in [9.17, 15) is 19.2 Å². The second-order valence-corrected chi connectivity index (χ2v) is 10.5. The highest BCUT2D eigenvalue weighted by Crippen LogP contribution is 2.31. The first-order chi connectivity index (χ1) is 20.2. The van der Waals surface area contributed by atoms with Crippen molar-refractivity contribution in [1.29, 1.82) is 0 Å². The van der Waals surface area contributed by atoms with Crippen molar-refractivity contribution < 1.29 is 23.9 Å². The zero-order valence-electron chi connectivity index (χ0n) is 24.3. The molecule has 3 aromatic rings. The number of rotatable bonds is 11. The summed E-state index contributed by atoms with van der Waals surface area (Å²) in [7, 11) is 1.54. The predicted molar refractivity (Wildman–Crippen MR) is 161 cm³/mol. The maximum atomic E-state index is 13.7. The molecule has 0 fully saturated rings. The summed E-state index contributed by atoms with van der Waals surface area (Å²) >= 11 is 0. The number of Topliss-reactive ketones (excluding diaryl/α,β-unsaturated/α-hetero) is 1. The number of benzene rings is 3. The highest BCUT2D eigenvalue weighted by molar-refractivity contribution is 6.00. The number of ketones is 1. The largest absolute Gasteiger partial charge is 0.494 e. The van der Waals surface area contributed by atoms with Gasteiger partial charge in [0.2, 0.25) is 17.7 Å². The van der Waals surface area contributed by atoms with Gasteiger partial charge in [-0.05, 0) is 55.1 Å². The van der Waals surface area contributed by atoms with Crippen LogP contribution in [0.1, 0.15) is 51.9 Å². The molecule has 9 nitrogen and oxygen atoms in total. The molecule has 3 aromatic carbocycles. The van der Waals surface area contributed by atoms with Crippen molar-refractivity contribution in [1.82, 2.24) is 10.2 Å². The third-order valence-electron chi connectivity index (χ3n) is 7.76. The number of nitrogens with two attached hydrogens (primary N) is 1. The van der Waals surface area contributed by atoms with E-state index >= 15 is 0 Å². The predicted octanol–water partition coefficient (Wildman–Crippen LogP) is 3.70. The van der Waals surface area contributed by atoms with Gasteiger partial charge in [0.05, 0.1) is 12.8 Å². The minimum atomic E-state index is -0.928. The number of amides is 3. The lowest BCUT2D eigenvalue weighted by atomic mass is 9.92. The summed E-state index contributed by atoms with van der Waals surface area (Å²) < 4.78 is 5.52. The molecule has 0 radical (unpaired) electrons. The van der Waals surface area contributed by atoms with Crippen molar-refractivity contribution in [3.8, 4) is 5.75 Å². The third-order valence-corrected chi connectivity index (χ3v) is 7.76. The monoisotopic (exact) mass is 570 g/mol. The van der Waals surface area contributed by atoms with Crippen molar-refractivity contribution in [3.05, 3.63) is 94.5 Å². The molecule has 1 aliphatic heterocycles. The van der Waals surface area contributed by atoms with Crippen LogP contribution >= 0.6 is 0 Å². The Morgan fingerprint density at radius 2 is 1.64 bits per heavy atom. The fourth-order valence-electron chi connectivity index (χ4n) is 5.23. The maximum absolute atomic E-state index is 13.7. The number of nitrogens with zero attached hydrogens (tertiary/aromatic N) is 1. The van der Waals surface area contributed by atoms with E-state index < -0.39 is 23.9 Å². The molecule has 0 bridgehead atoms. The smallest absolute Gasteiger partial charge is 0.247 e. The molecular weight excluding hydrogens is 532 g/mol. The highest BCUT2D eigenvalue weighted by atomic mass is 16.5. The number of carbonyl (C=O) groups is 4. The summed E-state index contributed by atoms with van der Waals surface area (Å²) in [6.07, 6.45) is 0.500. The maximum Gasteiger partial charge on any atom is 0.247 e. The van der Waals surface area contributed by atoms with E-state index in [1.165, 1.54) is 12.0 Å². The van der Waals surface area contributed by atoms with Crippen molar-refractivity contribution in [2.75, 3.05) is 19.0 Å². The average molecular weight is 571 g/mol. The summed E-state index contributed by atoms with van der Waals surface area (Å²) in [5.74, 6) is -0.768. The third kappa shape index (κ3) is 7.03. The van der Waals surface area contributed by atoms with Gasteiger partial charge in [-0.2, -0.15) is 0 Å². The lowest BCUT2D eigenvalue weighted by Crippen LogP contribution is -2.56. The van der Waals surface area contributed by atoms with Crippen LogP contribution in [0.4, 0.5) is 5.69 Å². The van der Waals surface area contributed by atoms with Crippen LogP contribution in [0.2, 0.25) is 0 Å². The lowest BCUT2D eigenvalue weighted by molar-refractivity contribution is -0.142. The Morgan fingerprint density at radius 1 is 0.952 bits per heavy atom. The van der Waals surface area contributed by atoms with Crippen LogP contribution in [0.3, 0.4) is 0 Å². The van der Waals surface area contributed by atoms with Crippen molar-refractivity contribution in [3.63, 3.8) is 0 Å². The van der Waals surface area contributed by atoms with E-state index in [1.807, 2.05) is 50.2 Å². The molecule has 4 rings (SSSR count). The fraction of sp³-hybridized carbons (Fsp3) is 0.333. The first-order valence-corrected chi connectivity index (χ1v) is 14.1. The molecule has 0 spiro atoms. The second-order valence-electron chi connectivity index (χ2n) is 10.5. The molecule has 2 atom stereocenters. The fourth-order valence-corrected chi connectivity index (χ4v) is 5.23. The molecule has 0 saturated heterocycles. The Morgan fingerprint density at radius 3 is 2.33 bits per heavy atom. The molecule has 3 amide bonds. The van der Waals surface area contributed by atoms with Crippen LogP contribution < -0.4 is 21.1 Å². The van der Waals surface area contributed by atoms with Gasteiger partial charge in [-0.3, -0.25) is 19.2 Å². The summed E-state index contributed by atoms with van der Waals surface area (Å²) in [5.41, 5.74) is 10.7. The molecule has 0 saturated carbocycles. The zero-order valence-corrected chi connectivity index (χ0v) is 24.3. The summed E-state index contributed by atoms with van der Waals surface area (Å²) in [4.78, 5) is 54.7. The topological polar surface area (TPSA) is 131 Å². The number of carbonyl (C=O) groups excluding carboxylic acids is 4. The molecular formula is C33H38N4O5. The highest BCUT2D eigenvalue weighted by Gasteiger charge is 2.36. The van der Waals surface area contributed by atoms with E-state index in [0.29, 0.717) is 23.4 Å². The number of hydrogen-bond donors (Lipinski definition) is 3. The second kappa shape index (κ2) is 13.9. The number of anilines is 1. The van der Waals surface area contributed by atoms with E-state index in [0.717, 1.165) is 22.3 Å². The van der Waals surface area contributed by atoms with Gasteiger partial charge in [-0.1, -0.05) is 60.7 Å². The SMILES string of the molecule is COc1c(NC(=O)[C@H](CCN)NC(=O)[C@@H]2Cc3ccccc3CN2C(=O)CCC(=O)c2ccccc2)ccc(C)c1C. The summed E-state index contributed by atoms with van der Waals surface area (Å²) in [5, 5.41) is 5.71. The minimum absolute atomic E-state index is 0.0288. The van der Waals surface area contributed by atoms with Gasteiger partial charge in [0.1, 0.15) is 17.8 Å². The Labute approximate surface area is 246 Å². The van der Waals surface area contributed by atoms with Gasteiger partial charge in [-0.25, -0.2) is 0 Å². The first-order valence-electron chi connectivity index (χ1n) is 14.1. The van der Waals surface area contributed by atoms with Crippen LogP contribution in [0, 0.1) is 13.8 Å². The summed E-state index contributed by atoms with van der Waals surface area (Å²) in [6, 6.07) is 18.3. The number of ether oxygens (including phenoxy) is 1. The van der Waals surface area contributed by atoms with Crippen LogP contribution in [-0.4, -0.2) is 54.1 Å². The van der Waals surface area contributed by atoms with Gasteiger partial charge in [-0.15, -0.1) is 0 Å². The molecule has 1 heterocycles. The van der Waals surface area contributed by atoms with E-state index in [-0.39, 0.29) is 44.0 Å². The Bertz CT molecular complexity index is 1460. The molecule has 9 heteroatoms. The van der Waals surface area contributed by atoms with Crippen LogP contribution in [0.15, 0.2) is 66.7 Å². The number of nitrogens with one attached hydrogen (secondary N) is 2. The van der Waals surface area contributed by atoms with Gasteiger partial charge in [0.15, 0.2) is 5.78 Å². The first kappa shape index (κ1) is 30.5. The minimum Gasteiger partial charge on any atom is -0.494 e. The Balaban J connectivity index is 1.51. The van der Waals surface area contributed by atoms with Crippen LogP contribution in [-0.2, 0) is 27.3 Å². The van der Waals surface area contributed by atoms with Gasteiger partial charge in [0, 0.05) is 31.4 Å². The summed E-state index contributed by atoms with van der Waals surface area (Å²) in [6.45, 7) is 4.26. The van der Waals surface area contributed by atoms with E-state index in [2.05, 4.69) is 10.6 Å². The van der Waals surface area contributed by atoms with Crippen LogP contribution in [0.25, 0.3) is 0 Å². The Hall–Kier alpha value is -4.50. The van der Waals surface area contributed by atoms with Crippen LogP contribution in [0.5, 0.6) is 5.75 Å². The quantitative estimate of drug-likeness (QED) is 0.302. The number of hydrogen-bond acceptors (Lipinski definition) is 6. The average Bonchev–Trinajstić information content (AvgIpc) is 3.01. The molecule has 1 aliphatic rings. The lowest BCUT2D eigenvalue weighted by Gasteiger charge is -2.36. The molecule has 42 heavy (non-hydrogen) atoms. The number of aryl methyl sites for hydroxylation is 1.